The molecule has 1 rings (SSSR count). The highest BCUT2D eigenvalue weighted by molar-refractivity contribution is 5.81. The van der Waals surface area contributed by atoms with E-state index in [0.29, 0.717) is 6.54 Å². The van der Waals surface area contributed by atoms with Gasteiger partial charge in [0.25, 0.3) is 0 Å². The highest BCUT2D eigenvalue weighted by Crippen LogP contribution is 2.31. The highest BCUT2D eigenvalue weighted by atomic mass is 19.4. The number of rotatable bonds is 7. The summed E-state index contributed by atoms with van der Waals surface area (Å²) in [5.74, 6) is -0.201. The molecule has 1 unspecified atom stereocenters. The molecule has 0 saturated heterocycles. The van der Waals surface area contributed by atoms with Gasteiger partial charge in [-0.2, -0.15) is 13.2 Å². The normalized spacial score (nSPS) is 13.0. The van der Waals surface area contributed by atoms with Gasteiger partial charge in [0.2, 0.25) is 5.91 Å². The molecule has 6 heteroatoms. The summed E-state index contributed by atoms with van der Waals surface area (Å²) in [6.45, 7) is 4.23. The minimum absolute atomic E-state index is 0.00194. The molecule has 3 nitrogen and oxygen atoms in total. The summed E-state index contributed by atoms with van der Waals surface area (Å²) in [4.78, 5) is 11.7. The summed E-state index contributed by atoms with van der Waals surface area (Å²) in [6, 6.07) is 4.83. The van der Waals surface area contributed by atoms with Gasteiger partial charge in [-0.1, -0.05) is 31.5 Å². The molecule has 0 heterocycles. The molecule has 1 aromatic carbocycles. The molecule has 0 aliphatic carbocycles. The van der Waals surface area contributed by atoms with Crippen LogP contribution >= 0.6 is 0 Å². The monoisotopic (exact) mass is 302 g/mol. The lowest BCUT2D eigenvalue weighted by molar-refractivity contribution is -0.138. The summed E-state index contributed by atoms with van der Waals surface area (Å²) >= 11 is 0. The molecule has 0 aromatic heterocycles. The van der Waals surface area contributed by atoms with E-state index in [1.807, 2.05) is 6.92 Å². The number of amides is 1. The molecule has 0 aliphatic heterocycles. The molecule has 0 bridgehead atoms. The largest absolute Gasteiger partial charge is 0.416 e. The van der Waals surface area contributed by atoms with E-state index in [0.717, 1.165) is 18.9 Å². The third-order valence-electron chi connectivity index (χ3n) is 3.14. The van der Waals surface area contributed by atoms with E-state index in [9.17, 15) is 18.0 Å². The lowest BCUT2D eigenvalue weighted by Gasteiger charge is -2.17. The summed E-state index contributed by atoms with van der Waals surface area (Å²) in [6.07, 6.45) is -2.53. The van der Waals surface area contributed by atoms with Crippen molar-refractivity contribution in [2.24, 2.45) is 0 Å². The summed E-state index contributed by atoms with van der Waals surface area (Å²) in [5.41, 5.74) is -0.533. The van der Waals surface area contributed by atoms with Crippen molar-refractivity contribution < 1.29 is 18.0 Å². The Kier molecular flexibility index (Phi) is 6.68. The van der Waals surface area contributed by atoms with Crippen LogP contribution in [0.1, 0.15) is 37.8 Å². The molecule has 0 spiro atoms. The van der Waals surface area contributed by atoms with Crippen molar-refractivity contribution in [2.75, 3.05) is 6.54 Å². The second-order valence-corrected chi connectivity index (χ2v) is 4.90. The van der Waals surface area contributed by atoms with E-state index in [1.165, 1.54) is 12.1 Å². The predicted molar refractivity (Wildman–Crippen MR) is 75.7 cm³/mol. The Labute approximate surface area is 122 Å². The highest BCUT2D eigenvalue weighted by Gasteiger charge is 2.32. The lowest BCUT2D eigenvalue weighted by atomic mass is 10.1. The first-order valence-electron chi connectivity index (χ1n) is 7.02. The quantitative estimate of drug-likeness (QED) is 0.760. The maximum Gasteiger partial charge on any atom is 0.416 e. The second-order valence-electron chi connectivity index (χ2n) is 4.90. The van der Waals surface area contributed by atoms with E-state index in [-0.39, 0.29) is 18.0 Å². The second kappa shape index (κ2) is 8.02. The molecule has 118 valence electrons. The summed E-state index contributed by atoms with van der Waals surface area (Å²) in [7, 11) is 0. The number of unbranched alkanes of at least 4 members (excludes halogenated alkanes) is 1. The minimum Gasteiger partial charge on any atom is -0.355 e. The van der Waals surface area contributed by atoms with Gasteiger partial charge in [-0.25, -0.2) is 0 Å². The maximum absolute atomic E-state index is 12.8. The minimum atomic E-state index is -4.38. The van der Waals surface area contributed by atoms with Gasteiger partial charge >= 0.3 is 6.18 Å². The van der Waals surface area contributed by atoms with Crippen molar-refractivity contribution >= 4 is 5.91 Å². The van der Waals surface area contributed by atoms with Crippen molar-refractivity contribution in [3.8, 4) is 0 Å². The van der Waals surface area contributed by atoms with Gasteiger partial charge in [0.1, 0.15) is 0 Å². The molecule has 0 saturated carbocycles. The number of hydrogen-bond donors (Lipinski definition) is 2. The average Bonchev–Trinajstić information content (AvgIpc) is 2.44. The average molecular weight is 302 g/mol. The van der Waals surface area contributed by atoms with Crippen LogP contribution in [-0.2, 0) is 17.5 Å². The predicted octanol–water partition coefficient (Wildman–Crippen LogP) is 3.10. The van der Waals surface area contributed by atoms with E-state index in [2.05, 4.69) is 10.6 Å². The van der Waals surface area contributed by atoms with Crippen molar-refractivity contribution in [2.45, 2.75) is 45.5 Å². The van der Waals surface area contributed by atoms with E-state index < -0.39 is 17.8 Å². The van der Waals surface area contributed by atoms with Gasteiger partial charge in [-0.05, 0) is 25.0 Å². The first-order valence-corrected chi connectivity index (χ1v) is 7.02. The van der Waals surface area contributed by atoms with Crippen LogP contribution < -0.4 is 10.6 Å². The third-order valence-corrected chi connectivity index (χ3v) is 3.14. The number of benzene rings is 1. The summed E-state index contributed by atoms with van der Waals surface area (Å²) in [5, 5.41) is 5.57. The Balaban J connectivity index is 2.57. The fourth-order valence-corrected chi connectivity index (χ4v) is 1.85. The van der Waals surface area contributed by atoms with Crippen molar-refractivity contribution in [3.05, 3.63) is 35.4 Å². The number of alkyl halides is 3. The molecule has 0 radical (unpaired) electrons. The van der Waals surface area contributed by atoms with Gasteiger partial charge in [0.05, 0.1) is 11.6 Å². The number of carbonyl (C=O) groups excluding carboxylic acids is 1. The first-order chi connectivity index (χ1) is 9.86. The lowest BCUT2D eigenvalue weighted by Crippen LogP contribution is -2.42. The molecule has 0 aliphatic rings. The van der Waals surface area contributed by atoms with Crippen LogP contribution in [0.25, 0.3) is 0 Å². The van der Waals surface area contributed by atoms with E-state index in [1.54, 1.807) is 13.0 Å². The van der Waals surface area contributed by atoms with Crippen molar-refractivity contribution in [1.29, 1.82) is 0 Å². The fourth-order valence-electron chi connectivity index (χ4n) is 1.85. The smallest absolute Gasteiger partial charge is 0.355 e. The number of halogens is 3. The SMILES string of the molecule is CCCCNC(=O)C(C)NCc1ccccc1C(F)(F)F. The van der Waals surface area contributed by atoms with Crippen LogP contribution in [0.4, 0.5) is 13.2 Å². The van der Waals surface area contributed by atoms with Crippen LogP contribution in [-0.4, -0.2) is 18.5 Å². The Morgan fingerprint density at radius 1 is 1.29 bits per heavy atom. The van der Waals surface area contributed by atoms with Gasteiger partial charge in [0.15, 0.2) is 0 Å². The molecule has 0 fully saturated rings. The van der Waals surface area contributed by atoms with Crippen molar-refractivity contribution in [3.63, 3.8) is 0 Å². The van der Waals surface area contributed by atoms with Crippen LogP contribution in [0.15, 0.2) is 24.3 Å². The Hall–Kier alpha value is -1.56. The fraction of sp³-hybridized carbons (Fsp3) is 0.533. The number of hydrogen-bond acceptors (Lipinski definition) is 2. The third kappa shape index (κ3) is 5.75. The summed E-state index contributed by atoms with van der Waals surface area (Å²) < 4.78 is 38.5. The first kappa shape index (κ1) is 17.5. The van der Waals surface area contributed by atoms with Crippen LogP contribution in [0.3, 0.4) is 0 Å². The molecule has 1 atom stereocenters. The zero-order valence-corrected chi connectivity index (χ0v) is 12.3. The van der Waals surface area contributed by atoms with Crippen LogP contribution in [0.5, 0.6) is 0 Å². The molecular weight excluding hydrogens is 281 g/mol. The molecular formula is C15H21F3N2O. The number of carbonyl (C=O) groups is 1. The maximum atomic E-state index is 12.8. The van der Waals surface area contributed by atoms with Gasteiger partial charge in [-0.3, -0.25) is 4.79 Å². The standard InChI is InChI=1S/C15H21F3N2O/c1-3-4-9-19-14(21)11(2)20-10-12-7-5-6-8-13(12)15(16,17)18/h5-8,11,20H,3-4,9-10H2,1-2H3,(H,19,21). The van der Waals surface area contributed by atoms with Gasteiger partial charge in [0, 0.05) is 13.1 Å². The Morgan fingerprint density at radius 3 is 2.57 bits per heavy atom. The number of nitrogens with one attached hydrogen (secondary N) is 2. The molecule has 21 heavy (non-hydrogen) atoms. The van der Waals surface area contributed by atoms with Crippen LogP contribution in [0, 0.1) is 0 Å². The molecule has 2 N–H and O–H groups in total. The van der Waals surface area contributed by atoms with Crippen molar-refractivity contribution in [1.82, 2.24) is 10.6 Å². The van der Waals surface area contributed by atoms with E-state index in [4.69, 9.17) is 0 Å². The molecule has 1 amide bonds. The topological polar surface area (TPSA) is 41.1 Å². The Bertz CT molecular complexity index is 460. The van der Waals surface area contributed by atoms with Gasteiger partial charge < -0.3 is 10.6 Å². The van der Waals surface area contributed by atoms with Gasteiger partial charge in [-0.15, -0.1) is 0 Å². The van der Waals surface area contributed by atoms with Crippen LogP contribution in [0.2, 0.25) is 0 Å². The Morgan fingerprint density at radius 2 is 1.95 bits per heavy atom. The molecule has 1 aromatic rings. The zero-order valence-electron chi connectivity index (χ0n) is 12.3. The van der Waals surface area contributed by atoms with E-state index >= 15 is 0 Å². The zero-order chi connectivity index (χ0) is 15.9.